The highest BCUT2D eigenvalue weighted by molar-refractivity contribution is 7.80. The molecule has 0 saturated heterocycles. The molecule has 0 radical (unpaired) electrons. The van der Waals surface area contributed by atoms with E-state index in [-0.39, 0.29) is 5.82 Å². The lowest BCUT2D eigenvalue weighted by molar-refractivity contribution is 0.628. The van der Waals surface area contributed by atoms with E-state index in [1.807, 2.05) is 30.3 Å². The molecule has 142 valence electrons. The normalized spacial score (nSPS) is 11.2. The van der Waals surface area contributed by atoms with Crippen LogP contribution in [0.3, 0.4) is 0 Å². The molecule has 0 atom stereocenters. The summed E-state index contributed by atoms with van der Waals surface area (Å²) < 4.78 is 13.9. The number of halogens is 1. The van der Waals surface area contributed by atoms with E-state index in [0.717, 1.165) is 26.9 Å². The van der Waals surface area contributed by atoms with Crippen molar-refractivity contribution in [3.05, 3.63) is 72.6 Å². The zero-order chi connectivity index (χ0) is 19.8. The molecule has 0 unspecified atom stereocenters. The number of fused-ring (bicyclic) bond motifs is 2. The first-order valence-corrected chi connectivity index (χ1v) is 9.39. The molecule has 2 aromatic carbocycles. The van der Waals surface area contributed by atoms with Crippen LogP contribution in [0.2, 0.25) is 0 Å². The number of imidazole rings is 1. The van der Waals surface area contributed by atoms with Crippen LogP contribution in [-0.2, 0) is 6.54 Å². The van der Waals surface area contributed by atoms with Gasteiger partial charge >= 0.3 is 0 Å². The van der Waals surface area contributed by atoms with Crippen LogP contribution in [0.25, 0.3) is 33.3 Å². The fourth-order valence-corrected chi connectivity index (χ4v) is 3.59. The van der Waals surface area contributed by atoms with Gasteiger partial charge in [-0.3, -0.25) is 0 Å². The number of anilines is 1. The number of pyridine rings is 1. The molecule has 2 N–H and O–H groups in total. The van der Waals surface area contributed by atoms with Crippen molar-refractivity contribution in [2.45, 2.75) is 11.4 Å². The predicted octanol–water partition coefficient (Wildman–Crippen LogP) is 4.61. The van der Waals surface area contributed by atoms with Crippen LogP contribution >= 0.6 is 12.6 Å². The van der Waals surface area contributed by atoms with Crippen LogP contribution < -0.4 is 5.32 Å². The van der Waals surface area contributed by atoms with Gasteiger partial charge in [0.15, 0.2) is 11.5 Å². The van der Waals surface area contributed by atoms with Crippen molar-refractivity contribution < 1.29 is 4.39 Å². The topological polar surface area (TPSA) is 79.4 Å². The van der Waals surface area contributed by atoms with Gasteiger partial charge in [-0.25, -0.2) is 24.3 Å². The maximum absolute atomic E-state index is 13.9. The van der Waals surface area contributed by atoms with Crippen molar-refractivity contribution in [2.75, 3.05) is 5.32 Å². The molecule has 0 amide bonds. The quantitative estimate of drug-likeness (QED) is 0.383. The first kappa shape index (κ1) is 17.6. The molecule has 0 aliphatic rings. The Morgan fingerprint density at radius 3 is 2.83 bits per heavy atom. The van der Waals surface area contributed by atoms with Gasteiger partial charge in [-0.1, -0.05) is 24.3 Å². The lowest BCUT2D eigenvalue weighted by atomic mass is 10.0. The number of nitrogens with zero attached hydrogens (tertiary/aromatic N) is 4. The summed E-state index contributed by atoms with van der Waals surface area (Å²) in [6.45, 7) is 0.441. The number of thiol groups is 1. The van der Waals surface area contributed by atoms with Crippen molar-refractivity contribution in [3.63, 3.8) is 0 Å². The lowest BCUT2D eigenvalue weighted by Crippen LogP contribution is -2.05. The monoisotopic (exact) mass is 402 g/mol. The fraction of sp³-hybridized carbons (Fsp3) is 0.0476. The number of rotatable bonds is 4. The van der Waals surface area contributed by atoms with Gasteiger partial charge in [0.25, 0.3) is 0 Å². The molecule has 0 aliphatic carbocycles. The molecular formula is C21H15FN6S. The minimum atomic E-state index is -0.308. The summed E-state index contributed by atoms with van der Waals surface area (Å²) in [5, 5.41) is 4.28. The van der Waals surface area contributed by atoms with Crippen molar-refractivity contribution in [3.8, 4) is 11.3 Å². The molecule has 29 heavy (non-hydrogen) atoms. The van der Waals surface area contributed by atoms with Crippen molar-refractivity contribution in [1.82, 2.24) is 24.9 Å². The lowest BCUT2D eigenvalue weighted by Gasteiger charge is -2.13. The van der Waals surface area contributed by atoms with Gasteiger partial charge in [0.05, 0.1) is 17.5 Å². The zero-order valence-electron chi connectivity index (χ0n) is 15.1. The highest BCUT2D eigenvalue weighted by Gasteiger charge is 2.13. The molecule has 0 aliphatic heterocycles. The average Bonchev–Trinajstić information content (AvgIpc) is 3.21. The Balaban J connectivity index is 1.61. The molecule has 6 nitrogen and oxygen atoms in total. The Bertz CT molecular complexity index is 1350. The van der Waals surface area contributed by atoms with E-state index in [2.05, 4.69) is 37.9 Å². The van der Waals surface area contributed by atoms with Crippen LogP contribution in [0.4, 0.5) is 10.2 Å². The number of nitrogens with one attached hydrogen (secondary N) is 2. The van der Waals surface area contributed by atoms with Gasteiger partial charge in [0.1, 0.15) is 17.7 Å². The largest absolute Gasteiger partial charge is 0.364 e. The van der Waals surface area contributed by atoms with Crippen LogP contribution in [0, 0.1) is 5.82 Å². The minimum absolute atomic E-state index is 0.308. The summed E-state index contributed by atoms with van der Waals surface area (Å²) >= 11 is 4.53. The molecule has 3 aromatic heterocycles. The number of H-pyrrole nitrogens is 1. The van der Waals surface area contributed by atoms with Crippen molar-refractivity contribution in [2.24, 2.45) is 0 Å². The van der Waals surface area contributed by atoms with E-state index in [1.165, 1.54) is 18.5 Å². The molecule has 8 heteroatoms. The number of hydrogen-bond donors (Lipinski definition) is 3. The second-order valence-corrected chi connectivity index (χ2v) is 7.01. The maximum Gasteiger partial charge on any atom is 0.182 e. The first-order valence-electron chi connectivity index (χ1n) is 8.94. The number of para-hydroxylation sites is 1. The first-order chi connectivity index (χ1) is 14.2. The highest BCUT2D eigenvalue weighted by atomic mass is 32.1. The van der Waals surface area contributed by atoms with E-state index in [9.17, 15) is 4.39 Å². The van der Waals surface area contributed by atoms with Gasteiger partial charge in [-0.2, -0.15) is 0 Å². The van der Waals surface area contributed by atoms with E-state index < -0.39 is 0 Å². The summed E-state index contributed by atoms with van der Waals surface area (Å²) in [6, 6.07) is 14.3. The van der Waals surface area contributed by atoms with E-state index >= 15 is 0 Å². The Morgan fingerprint density at radius 2 is 1.93 bits per heavy atom. The molecular weight excluding hydrogens is 387 g/mol. The average molecular weight is 402 g/mol. The maximum atomic E-state index is 13.9. The van der Waals surface area contributed by atoms with Crippen molar-refractivity contribution in [1.29, 1.82) is 0 Å². The molecule has 0 spiro atoms. The Morgan fingerprint density at radius 1 is 1.03 bits per heavy atom. The van der Waals surface area contributed by atoms with Crippen LogP contribution in [0.15, 0.2) is 66.1 Å². The SMILES string of the molecule is Fc1cccc(-c2nc3c(S)cccc3cc2CNc2ncnc3nc[nH]c23)c1. The summed E-state index contributed by atoms with van der Waals surface area (Å²) in [5.41, 5.74) is 4.40. The van der Waals surface area contributed by atoms with Gasteiger partial charge in [-0.15, -0.1) is 12.6 Å². The van der Waals surface area contributed by atoms with E-state index in [1.54, 1.807) is 12.4 Å². The van der Waals surface area contributed by atoms with Gasteiger partial charge in [0.2, 0.25) is 0 Å². The van der Waals surface area contributed by atoms with Gasteiger partial charge in [0, 0.05) is 22.4 Å². The van der Waals surface area contributed by atoms with Crippen molar-refractivity contribution >= 4 is 40.5 Å². The third-order valence-electron chi connectivity index (χ3n) is 4.67. The Hall–Kier alpha value is -3.52. The summed E-state index contributed by atoms with van der Waals surface area (Å²) in [5.74, 6) is 0.332. The summed E-state index contributed by atoms with van der Waals surface area (Å²) in [4.78, 5) is 21.2. The van der Waals surface area contributed by atoms with E-state index in [0.29, 0.717) is 29.3 Å². The number of hydrogen-bond acceptors (Lipinski definition) is 6. The number of aromatic amines is 1. The van der Waals surface area contributed by atoms with Gasteiger partial charge in [-0.05, 0) is 29.8 Å². The molecule has 3 heterocycles. The highest BCUT2D eigenvalue weighted by Crippen LogP contribution is 2.29. The fourth-order valence-electron chi connectivity index (χ4n) is 3.33. The Kier molecular flexibility index (Phi) is 4.33. The minimum Gasteiger partial charge on any atom is -0.364 e. The third kappa shape index (κ3) is 3.27. The van der Waals surface area contributed by atoms with Crippen LogP contribution in [0.5, 0.6) is 0 Å². The van der Waals surface area contributed by atoms with Crippen LogP contribution in [-0.4, -0.2) is 24.9 Å². The second-order valence-electron chi connectivity index (χ2n) is 6.53. The Labute approximate surface area is 170 Å². The number of benzene rings is 2. The summed E-state index contributed by atoms with van der Waals surface area (Å²) in [7, 11) is 0. The molecule has 5 rings (SSSR count). The predicted molar refractivity (Wildman–Crippen MR) is 113 cm³/mol. The van der Waals surface area contributed by atoms with E-state index in [4.69, 9.17) is 4.98 Å². The molecule has 5 aromatic rings. The van der Waals surface area contributed by atoms with Gasteiger partial charge < -0.3 is 10.3 Å². The summed E-state index contributed by atoms with van der Waals surface area (Å²) in [6.07, 6.45) is 3.04. The third-order valence-corrected chi connectivity index (χ3v) is 5.03. The molecule has 0 fully saturated rings. The standard InChI is InChI=1S/C21H15FN6S/c22-15-5-1-3-13(8-15)17-14(7-12-4-2-6-16(29)18(12)28-17)9-23-20-19-21(25-10-24-19)27-11-26-20/h1-8,10-11,29H,9H2,(H2,23,24,25,26,27). The molecule has 0 saturated carbocycles. The smallest absolute Gasteiger partial charge is 0.182 e. The number of aromatic nitrogens is 5. The zero-order valence-corrected chi connectivity index (χ0v) is 16.0. The van der Waals surface area contributed by atoms with Crippen LogP contribution in [0.1, 0.15) is 5.56 Å². The second kappa shape index (κ2) is 7.14. The molecule has 0 bridgehead atoms.